The minimum atomic E-state index is -0.615. The molecule has 0 saturated heterocycles. The second kappa shape index (κ2) is 12.4. The van der Waals surface area contributed by atoms with Crippen molar-refractivity contribution in [1.82, 2.24) is 0 Å². The average Bonchev–Trinajstić information content (AvgIpc) is 3.02. The molecule has 0 heterocycles. The number of ketones is 1. The number of thioether (sulfide) groups is 1. The molecule has 0 spiro atoms. The first-order chi connectivity index (χ1) is 13.7. The predicted octanol–water partition coefficient (Wildman–Crippen LogP) is 4.22. The van der Waals surface area contributed by atoms with E-state index in [9.17, 15) is 9.90 Å². The molecule has 0 saturated carbocycles. The van der Waals surface area contributed by atoms with Gasteiger partial charge in [0.25, 0.3) is 0 Å². The summed E-state index contributed by atoms with van der Waals surface area (Å²) in [4.78, 5) is 13.2. The lowest BCUT2D eigenvalue weighted by atomic mass is 10.1. The van der Waals surface area contributed by atoms with Crippen LogP contribution in [0.4, 0.5) is 0 Å². The summed E-state index contributed by atoms with van der Waals surface area (Å²) in [5, 5.41) is 18.6. The molecule has 150 valence electrons. The van der Waals surface area contributed by atoms with Gasteiger partial charge in [0.15, 0.2) is 5.78 Å². The minimum Gasteiger partial charge on any atom is -0.494 e. The Morgan fingerprint density at radius 2 is 2.00 bits per heavy atom. The molecule has 0 bridgehead atoms. The zero-order valence-corrected chi connectivity index (χ0v) is 17.0. The summed E-state index contributed by atoms with van der Waals surface area (Å²) in [7, 11) is 0. The maximum absolute atomic E-state index is 12.5. The molecule has 1 aromatic carbocycles. The van der Waals surface area contributed by atoms with Crippen molar-refractivity contribution in [3.63, 3.8) is 0 Å². The second-order valence-electron chi connectivity index (χ2n) is 6.40. The van der Waals surface area contributed by atoms with Crippen LogP contribution in [-0.4, -0.2) is 41.6 Å². The van der Waals surface area contributed by atoms with Gasteiger partial charge in [0.2, 0.25) is 0 Å². The van der Waals surface area contributed by atoms with Gasteiger partial charge in [0.1, 0.15) is 5.75 Å². The average molecular weight is 401 g/mol. The molecule has 0 radical (unpaired) electrons. The van der Waals surface area contributed by atoms with Crippen molar-refractivity contribution in [3.05, 3.63) is 76.8 Å². The number of allylic oxidation sites excluding steroid dienone is 7. The summed E-state index contributed by atoms with van der Waals surface area (Å²) in [6.07, 6.45) is 13.1. The van der Waals surface area contributed by atoms with Gasteiger partial charge < -0.3 is 14.9 Å². The van der Waals surface area contributed by atoms with Gasteiger partial charge in [-0.25, -0.2) is 0 Å². The van der Waals surface area contributed by atoms with Crippen molar-refractivity contribution >= 4 is 17.5 Å². The van der Waals surface area contributed by atoms with Crippen LogP contribution < -0.4 is 4.74 Å². The first-order valence-electron chi connectivity index (χ1n) is 9.52. The number of rotatable bonds is 11. The largest absolute Gasteiger partial charge is 0.494 e. The molecule has 0 amide bonds. The lowest BCUT2D eigenvalue weighted by Crippen LogP contribution is -2.03. The van der Waals surface area contributed by atoms with Crippen LogP contribution in [0.15, 0.2) is 76.8 Å². The van der Waals surface area contributed by atoms with Crippen molar-refractivity contribution in [2.24, 2.45) is 0 Å². The molecule has 0 aromatic heterocycles. The third-order valence-electron chi connectivity index (χ3n) is 4.26. The number of benzene rings is 1. The Balaban J connectivity index is 1.93. The van der Waals surface area contributed by atoms with Gasteiger partial charge in [0, 0.05) is 12.2 Å². The lowest BCUT2D eigenvalue weighted by molar-refractivity contribution is -0.111. The van der Waals surface area contributed by atoms with Crippen molar-refractivity contribution in [2.45, 2.75) is 31.8 Å². The SMILES string of the molecule is CSC1=CC(=CCCCOc2ccccc2)C(=CC=CC(O)CCCO)C1=O. The molecular formula is C23H28O4S. The number of Topliss-reactive ketones (excluding diaryl/α,β-unsaturated/α-hetero) is 1. The van der Waals surface area contributed by atoms with Crippen molar-refractivity contribution in [3.8, 4) is 5.75 Å². The normalized spacial score (nSPS) is 18.2. The number of aliphatic hydroxyl groups is 2. The number of unbranched alkanes of at least 4 members (excludes halogenated alkanes) is 1. The van der Waals surface area contributed by atoms with Gasteiger partial charge >= 0.3 is 0 Å². The van der Waals surface area contributed by atoms with E-state index in [2.05, 4.69) is 6.08 Å². The number of para-hydroxylation sites is 1. The highest BCUT2D eigenvalue weighted by Crippen LogP contribution is 2.32. The molecule has 2 N–H and O–H groups in total. The molecule has 2 rings (SSSR count). The highest BCUT2D eigenvalue weighted by molar-refractivity contribution is 8.03. The summed E-state index contributed by atoms with van der Waals surface area (Å²) >= 11 is 1.44. The van der Waals surface area contributed by atoms with Crippen LogP contribution in [0.2, 0.25) is 0 Å². The van der Waals surface area contributed by atoms with Crippen LogP contribution in [0.5, 0.6) is 5.75 Å². The Labute approximate surface area is 171 Å². The highest BCUT2D eigenvalue weighted by Gasteiger charge is 2.23. The Bertz CT molecular complexity index is 747. The van der Waals surface area contributed by atoms with Gasteiger partial charge in [-0.1, -0.05) is 42.5 Å². The number of ether oxygens (including phenoxy) is 1. The molecule has 0 aliphatic heterocycles. The van der Waals surface area contributed by atoms with E-state index in [1.54, 1.807) is 18.2 Å². The zero-order valence-electron chi connectivity index (χ0n) is 16.2. The molecule has 1 aromatic rings. The van der Waals surface area contributed by atoms with Crippen LogP contribution >= 0.6 is 11.8 Å². The minimum absolute atomic E-state index is 0.0220. The predicted molar refractivity (Wildman–Crippen MR) is 115 cm³/mol. The fourth-order valence-corrected chi connectivity index (χ4v) is 3.31. The van der Waals surface area contributed by atoms with E-state index in [1.165, 1.54) is 11.8 Å². The molecule has 1 aliphatic rings. The van der Waals surface area contributed by atoms with E-state index in [1.807, 2.05) is 42.7 Å². The number of carbonyl (C=O) groups is 1. The van der Waals surface area contributed by atoms with E-state index in [-0.39, 0.29) is 12.4 Å². The summed E-state index contributed by atoms with van der Waals surface area (Å²) in [6, 6.07) is 9.72. The fourth-order valence-electron chi connectivity index (χ4n) is 2.77. The van der Waals surface area contributed by atoms with Crippen LogP contribution in [-0.2, 0) is 4.79 Å². The summed E-state index contributed by atoms with van der Waals surface area (Å²) in [5.41, 5.74) is 1.57. The Morgan fingerprint density at radius 1 is 1.21 bits per heavy atom. The van der Waals surface area contributed by atoms with E-state index in [0.29, 0.717) is 25.0 Å². The third-order valence-corrected chi connectivity index (χ3v) is 5.01. The quantitative estimate of drug-likeness (QED) is 0.430. The zero-order chi connectivity index (χ0) is 20.2. The third kappa shape index (κ3) is 7.15. The second-order valence-corrected chi connectivity index (χ2v) is 7.25. The van der Waals surface area contributed by atoms with Crippen molar-refractivity contribution in [1.29, 1.82) is 0 Å². The number of hydrogen-bond acceptors (Lipinski definition) is 5. The molecule has 1 aliphatic carbocycles. The van der Waals surface area contributed by atoms with E-state index < -0.39 is 6.10 Å². The van der Waals surface area contributed by atoms with Crippen molar-refractivity contribution < 1.29 is 19.7 Å². The van der Waals surface area contributed by atoms with Gasteiger partial charge in [0.05, 0.1) is 17.6 Å². The van der Waals surface area contributed by atoms with Gasteiger partial charge in [-0.3, -0.25) is 4.79 Å². The first-order valence-corrected chi connectivity index (χ1v) is 10.7. The lowest BCUT2D eigenvalue weighted by Gasteiger charge is -2.05. The number of hydrogen-bond donors (Lipinski definition) is 2. The summed E-state index contributed by atoms with van der Waals surface area (Å²) in [6.45, 7) is 0.684. The molecule has 4 nitrogen and oxygen atoms in total. The van der Waals surface area contributed by atoms with Crippen LogP contribution in [0.1, 0.15) is 25.7 Å². The van der Waals surface area contributed by atoms with E-state index in [4.69, 9.17) is 9.84 Å². The van der Waals surface area contributed by atoms with Gasteiger partial charge in [-0.2, -0.15) is 0 Å². The van der Waals surface area contributed by atoms with E-state index in [0.717, 1.165) is 29.1 Å². The van der Waals surface area contributed by atoms with Crippen LogP contribution in [0.3, 0.4) is 0 Å². The number of carbonyl (C=O) groups excluding carboxylic acids is 1. The highest BCUT2D eigenvalue weighted by atomic mass is 32.2. The topological polar surface area (TPSA) is 66.8 Å². The van der Waals surface area contributed by atoms with E-state index >= 15 is 0 Å². The maximum Gasteiger partial charge on any atom is 0.199 e. The smallest absolute Gasteiger partial charge is 0.199 e. The summed E-state index contributed by atoms with van der Waals surface area (Å²) in [5.74, 6) is 0.884. The fraction of sp³-hybridized carbons (Fsp3) is 0.348. The number of aliphatic hydroxyl groups excluding tert-OH is 2. The molecule has 1 unspecified atom stereocenters. The monoisotopic (exact) mass is 400 g/mol. The first kappa shape index (κ1) is 22.2. The van der Waals surface area contributed by atoms with Crippen LogP contribution in [0.25, 0.3) is 0 Å². The Morgan fingerprint density at radius 3 is 2.71 bits per heavy atom. The molecule has 5 heteroatoms. The molecular weight excluding hydrogens is 372 g/mol. The van der Waals surface area contributed by atoms with Gasteiger partial charge in [-0.15, -0.1) is 11.8 Å². The van der Waals surface area contributed by atoms with Crippen molar-refractivity contribution in [2.75, 3.05) is 19.5 Å². The standard InChI is InChI=1S/C23H28O4S/c1-28-22-17-18(9-5-6-16-27-20-12-3-2-4-13-20)21(23(22)26)14-7-10-19(25)11-8-15-24/h2-4,7,9-10,12-14,17,19,24-25H,5-6,8,11,15-16H2,1H3. The van der Waals surface area contributed by atoms with Crippen LogP contribution in [0, 0.1) is 0 Å². The molecule has 1 atom stereocenters. The molecule has 0 fully saturated rings. The Hall–Kier alpha value is -2.08. The van der Waals surface area contributed by atoms with Gasteiger partial charge in [-0.05, 0) is 55.7 Å². The summed E-state index contributed by atoms with van der Waals surface area (Å²) < 4.78 is 5.70. The maximum atomic E-state index is 12.5. The molecule has 28 heavy (non-hydrogen) atoms. The Kier molecular flexibility index (Phi) is 9.83.